The molecule has 0 atom stereocenters. The Hall–Kier alpha value is -1.39. The zero-order valence-corrected chi connectivity index (χ0v) is 9.65. The van der Waals surface area contributed by atoms with E-state index in [-0.39, 0.29) is 5.97 Å². The number of nitrogens with zero attached hydrogens (tertiary/aromatic N) is 2. The fourth-order valence-corrected chi connectivity index (χ4v) is 1.67. The number of aryl methyl sites for hydroxylation is 1. The summed E-state index contributed by atoms with van der Waals surface area (Å²) in [5, 5.41) is 3.86. The van der Waals surface area contributed by atoms with Gasteiger partial charge in [0.05, 0.1) is 6.61 Å². The largest absolute Gasteiger partial charge is 0.465 e. The molecule has 1 aromatic rings. The zero-order chi connectivity index (χ0) is 11.6. The lowest BCUT2D eigenvalue weighted by molar-refractivity contribution is -0.146. The third-order valence-corrected chi connectivity index (χ3v) is 2.77. The Balaban J connectivity index is 2.13. The summed E-state index contributed by atoms with van der Waals surface area (Å²) in [7, 11) is 0. The maximum Gasteiger partial charge on any atom is 0.321 e. The Kier molecular flexibility index (Phi) is 2.94. The number of ether oxygens (including phenoxy) is 1. The van der Waals surface area contributed by atoms with Crippen LogP contribution in [-0.2, 0) is 21.4 Å². The van der Waals surface area contributed by atoms with Gasteiger partial charge in [-0.05, 0) is 26.2 Å². The number of carbonyl (C=O) groups excluding carboxylic acids is 1. The maximum atomic E-state index is 11.7. The van der Waals surface area contributed by atoms with Crippen LogP contribution in [-0.4, -0.2) is 22.7 Å². The van der Waals surface area contributed by atoms with Gasteiger partial charge in [-0.1, -0.05) is 12.1 Å². The van der Waals surface area contributed by atoms with E-state index in [9.17, 15) is 4.79 Å². The monoisotopic (exact) mass is 224 g/mol. The van der Waals surface area contributed by atoms with Crippen LogP contribution in [0.3, 0.4) is 0 Å². The highest BCUT2D eigenvalue weighted by Gasteiger charge is 2.57. The molecule has 1 fully saturated rings. The van der Waals surface area contributed by atoms with Crippen molar-refractivity contribution < 1.29 is 14.1 Å². The highest BCUT2D eigenvalue weighted by molar-refractivity contribution is 5.85. The van der Waals surface area contributed by atoms with Crippen LogP contribution in [0.1, 0.15) is 44.8 Å². The van der Waals surface area contributed by atoms with Crippen molar-refractivity contribution in [2.75, 3.05) is 6.61 Å². The molecular formula is C11H16N2O3. The highest BCUT2D eigenvalue weighted by atomic mass is 16.5. The van der Waals surface area contributed by atoms with Crippen LogP contribution in [0.5, 0.6) is 0 Å². The third-order valence-electron chi connectivity index (χ3n) is 2.77. The van der Waals surface area contributed by atoms with E-state index in [1.807, 2.05) is 6.92 Å². The summed E-state index contributed by atoms with van der Waals surface area (Å²) in [4.78, 5) is 16.0. The Morgan fingerprint density at radius 3 is 2.81 bits per heavy atom. The second kappa shape index (κ2) is 4.23. The van der Waals surface area contributed by atoms with Crippen molar-refractivity contribution in [2.45, 2.75) is 44.9 Å². The lowest BCUT2D eigenvalue weighted by atomic mass is 10.1. The standard InChI is InChI=1S/C11H16N2O3/c1-3-5-8-12-9(16-13-8)11(6-7-11)10(14)15-4-2/h3-7H2,1-2H3. The molecule has 1 saturated carbocycles. The van der Waals surface area contributed by atoms with Crippen LogP contribution in [0.25, 0.3) is 0 Å². The minimum Gasteiger partial charge on any atom is -0.465 e. The van der Waals surface area contributed by atoms with E-state index in [2.05, 4.69) is 10.1 Å². The van der Waals surface area contributed by atoms with Crippen molar-refractivity contribution in [2.24, 2.45) is 0 Å². The van der Waals surface area contributed by atoms with Gasteiger partial charge in [-0.15, -0.1) is 0 Å². The van der Waals surface area contributed by atoms with Gasteiger partial charge >= 0.3 is 5.97 Å². The van der Waals surface area contributed by atoms with Gasteiger partial charge in [0.25, 0.3) is 0 Å². The molecule has 0 bridgehead atoms. The second-order valence-corrected chi connectivity index (χ2v) is 4.07. The van der Waals surface area contributed by atoms with Gasteiger partial charge in [0.1, 0.15) is 5.41 Å². The molecule has 0 radical (unpaired) electrons. The molecule has 1 aliphatic rings. The molecule has 0 aliphatic heterocycles. The molecule has 0 aromatic carbocycles. The Bertz CT molecular complexity index is 382. The zero-order valence-electron chi connectivity index (χ0n) is 9.65. The quantitative estimate of drug-likeness (QED) is 0.711. The van der Waals surface area contributed by atoms with E-state index in [0.29, 0.717) is 18.3 Å². The van der Waals surface area contributed by atoms with Crippen molar-refractivity contribution in [3.8, 4) is 0 Å². The lowest BCUT2D eigenvalue weighted by Gasteiger charge is -2.07. The van der Waals surface area contributed by atoms with Gasteiger partial charge in [-0.25, -0.2) is 0 Å². The lowest BCUT2D eigenvalue weighted by Crippen LogP contribution is -2.23. The number of carbonyl (C=O) groups is 1. The molecule has 1 heterocycles. The summed E-state index contributed by atoms with van der Waals surface area (Å²) >= 11 is 0. The summed E-state index contributed by atoms with van der Waals surface area (Å²) in [6.07, 6.45) is 3.24. The summed E-state index contributed by atoms with van der Waals surface area (Å²) in [6.45, 7) is 4.23. The molecule has 0 spiro atoms. The first-order valence-electron chi connectivity index (χ1n) is 5.73. The van der Waals surface area contributed by atoms with Crippen molar-refractivity contribution in [1.82, 2.24) is 10.1 Å². The molecule has 88 valence electrons. The van der Waals surface area contributed by atoms with Gasteiger partial charge in [0.15, 0.2) is 5.82 Å². The Morgan fingerprint density at radius 2 is 2.25 bits per heavy atom. The molecule has 5 nitrogen and oxygen atoms in total. The SMILES string of the molecule is CCCc1noc(C2(C(=O)OCC)CC2)n1. The molecule has 2 rings (SSSR count). The van der Waals surface area contributed by atoms with Crippen molar-refractivity contribution in [3.05, 3.63) is 11.7 Å². The van der Waals surface area contributed by atoms with E-state index < -0.39 is 5.41 Å². The molecule has 0 N–H and O–H groups in total. The molecule has 5 heteroatoms. The number of hydrogen-bond acceptors (Lipinski definition) is 5. The van der Waals surface area contributed by atoms with Crippen molar-refractivity contribution >= 4 is 5.97 Å². The molecule has 0 amide bonds. The Labute approximate surface area is 94.2 Å². The van der Waals surface area contributed by atoms with Crippen molar-refractivity contribution in [3.63, 3.8) is 0 Å². The summed E-state index contributed by atoms with van der Waals surface area (Å²) < 4.78 is 10.2. The maximum absolute atomic E-state index is 11.7. The van der Waals surface area contributed by atoms with E-state index in [1.54, 1.807) is 6.92 Å². The molecule has 16 heavy (non-hydrogen) atoms. The fraction of sp³-hybridized carbons (Fsp3) is 0.727. The number of aromatic nitrogens is 2. The molecular weight excluding hydrogens is 208 g/mol. The number of esters is 1. The summed E-state index contributed by atoms with van der Waals surface area (Å²) in [5.74, 6) is 0.865. The first kappa shape index (κ1) is 11.1. The smallest absolute Gasteiger partial charge is 0.321 e. The highest BCUT2D eigenvalue weighted by Crippen LogP contribution is 2.48. The topological polar surface area (TPSA) is 65.2 Å². The van der Waals surface area contributed by atoms with Gasteiger partial charge < -0.3 is 9.26 Å². The number of hydrogen-bond donors (Lipinski definition) is 0. The third kappa shape index (κ3) is 1.81. The molecule has 1 aliphatic carbocycles. The van der Waals surface area contributed by atoms with Crippen LogP contribution in [0.15, 0.2) is 4.52 Å². The second-order valence-electron chi connectivity index (χ2n) is 4.07. The van der Waals surface area contributed by atoms with E-state index in [0.717, 1.165) is 25.7 Å². The first-order chi connectivity index (χ1) is 7.73. The average molecular weight is 224 g/mol. The minimum absolute atomic E-state index is 0.235. The summed E-state index contributed by atoms with van der Waals surface area (Å²) in [6, 6.07) is 0. The van der Waals surface area contributed by atoms with Crippen LogP contribution in [0.4, 0.5) is 0 Å². The number of rotatable bonds is 5. The van der Waals surface area contributed by atoms with Gasteiger partial charge in [0.2, 0.25) is 5.89 Å². The molecule has 1 aromatic heterocycles. The van der Waals surface area contributed by atoms with Crippen LogP contribution >= 0.6 is 0 Å². The first-order valence-corrected chi connectivity index (χ1v) is 5.73. The van der Waals surface area contributed by atoms with Gasteiger partial charge in [-0.2, -0.15) is 4.98 Å². The molecule has 0 saturated heterocycles. The summed E-state index contributed by atoms with van der Waals surface area (Å²) in [5.41, 5.74) is -0.630. The predicted octanol–water partition coefficient (Wildman–Crippen LogP) is 1.62. The fourth-order valence-electron chi connectivity index (χ4n) is 1.67. The van der Waals surface area contributed by atoms with E-state index in [1.165, 1.54) is 0 Å². The van der Waals surface area contributed by atoms with Crippen molar-refractivity contribution in [1.29, 1.82) is 0 Å². The van der Waals surface area contributed by atoms with Crippen LogP contribution < -0.4 is 0 Å². The van der Waals surface area contributed by atoms with Crippen LogP contribution in [0.2, 0.25) is 0 Å². The average Bonchev–Trinajstić information content (AvgIpc) is 2.95. The van der Waals surface area contributed by atoms with Gasteiger partial charge in [0, 0.05) is 6.42 Å². The Morgan fingerprint density at radius 1 is 1.50 bits per heavy atom. The molecule has 0 unspecified atom stereocenters. The normalized spacial score (nSPS) is 17.1. The van der Waals surface area contributed by atoms with Crippen LogP contribution in [0, 0.1) is 0 Å². The van der Waals surface area contributed by atoms with E-state index >= 15 is 0 Å². The van der Waals surface area contributed by atoms with E-state index in [4.69, 9.17) is 9.26 Å². The predicted molar refractivity (Wildman–Crippen MR) is 55.8 cm³/mol. The minimum atomic E-state index is -0.630. The van der Waals surface area contributed by atoms with Gasteiger partial charge in [-0.3, -0.25) is 4.79 Å².